The highest BCUT2D eigenvalue weighted by Crippen LogP contribution is 2.37. The minimum Gasteiger partial charge on any atom is -0.467 e. The number of aromatic nitrogens is 5. The van der Waals surface area contributed by atoms with Gasteiger partial charge in [0, 0.05) is 38.3 Å². The van der Waals surface area contributed by atoms with Gasteiger partial charge < -0.3 is 24.3 Å². The zero-order valence-corrected chi connectivity index (χ0v) is 23.7. The third-order valence-corrected chi connectivity index (χ3v) is 6.60. The van der Waals surface area contributed by atoms with Gasteiger partial charge in [-0.25, -0.2) is 19.7 Å². The van der Waals surface area contributed by atoms with Gasteiger partial charge in [-0.3, -0.25) is 19.1 Å². The van der Waals surface area contributed by atoms with Crippen molar-refractivity contribution in [1.82, 2.24) is 24.5 Å². The number of methoxy groups -OCH3 is 1. The molecular weight excluding hydrogens is 544 g/mol. The van der Waals surface area contributed by atoms with Gasteiger partial charge in [0.15, 0.2) is 47.3 Å². The van der Waals surface area contributed by atoms with E-state index in [1.165, 1.54) is 31.9 Å². The fraction of sp³-hybridized carbons (Fsp3) is 0.345. The Balaban J connectivity index is 1.63. The van der Waals surface area contributed by atoms with Crippen LogP contribution in [0.15, 0.2) is 49.1 Å². The topological polar surface area (TPSA) is 157 Å². The number of carbonyl (C=O) groups is 3. The highest BCUT2D eigenvalue weighted by molar-refractivity contribution is 5.85. The largest absolute Gasteiger partial charge is 0.467 e. The molecule has 0 bridgehead atoms. The smallest absolute Gasteiger partial charge is 0.339 e. The van der Waals surface area contributed by atoms with E-state index in [2.05, 4.69) is 21.4 Å². The molecule has 4 aromatic rings. The molecule has 13 heteroatoms. The summed E-state index contributed by atoms with van der Waals surface area (Å²) in [6.45, 7) is 6.77. The minimum atomic E-state index is -1.37. The first-order valence-electron chi connectivity index (χ1n) is 13.2. The zero-order chi connectivity index (χ0) is 30.0. The summed E-state index contributed by atoms with van der Waals surface area (Å²) in [6, 6.07) is 9.96. The molecule has 3 aromatic heterocycles. The second-order valence-electron chi connectivity index (χ2n) is 9.93. The second-order valence-corrected chi connectivity index (χ2v) is 9.93. The monoisotopic (exact) mass is 574 g/mol. The van der Waals surface area contributed by atoms with E-state index in [4.69, 9.17) is 28.9 Å². The maximum Gasteiger partial charge on any atom is 0.339 e. The Bertz CT molecular complexity index is 1650. The fourth-order valence-electron chi connectivity index (χ4n) is 4.85. The molecule has 1 aromatic carbocycles. The van der Waals surface area contributed by atoms with Crippen LogP contribution in [0.5, 0.6) is 0 Å². The van der Waals surface area contributed by atoms with Crippen molar-refractivity contribution in [2.24, 2.45) is 0 Å². The highest BCUT2D eigenvalue weighted by atomic mass is 16.7. The molecule has 0 saturated carbocycles. The molecule has 0 spiro atoms. The van der Waals surface area contributed by atoms with E-state index in [1.54, 1.807) is 12.4 Å². The number of nitrogens with zero attached hydrogens (tertiary/aromatic N) is 5. The maximum absolute atomic E-state index is 12.6. The summed E-state index contributed by atoms with van der Waals surface area (Å²) in [6.07, 6.45) is -0.181. The van der Waals surface area contributed by atoms with Crippen LogP contribution in [-0.4, -0.2) is 67.8 Å². The molecule has 4 heterocycles. The lowest BCUT2D eigenvalue weighted by Gasteiger charge is -2.23. The number of carbonyl (C=O) groups excluding carboxylic acids is 3. The molecule has 1 aliphatic heterocycles. The first-order valence-corrected chi connectivity index (χ1v) is 13.2. The number of hydrogen-bond donors (Lipinski definition) is 1. The number of rotatable bonds is 8. The molecule has 1 N–H and O–H groups in total. The Labute approximate surface area is 241 Å². The quantitative estimate of drug-likeness (QED) is 0.243. The fourth-order valence-corrected chi connectivity index (χ4v) is 4.85. The van der Waals surface area contributed by atoms with Gasteiger partial charge in [0.1, 0.15) is 0 Å². The maximum atomic E-state index is 12.6. The van der Waals surface area contributed by atoms with Crippen LogP contribution in [0.3, 0.4) is 0 Å². The molecule has 1 aliphatic rings. The van der Waals surface area contributed by atoms with Crippen molar-refractivity contribution in [3.8, 4) is 11.4 Å². The van der Waals surface area contributed by atoms with E-state index >= 15 is 0 Å². The van der Waals surface area contributed by atoms with Gasteiger partial charge in [-0.15, -0.1) is 0 Å². The van der Waals surface area contributed by atoms with Crippen LogP contribution in [-0.2, 0) is 39.9 Å². The van der Waals surface area contributed by atoms with Gasteiger partial charge >= 0.3 is 17.9 Å². The first kappa shape index (κ1) is 28.6. The number of fused-ring (bicyclic) bond motifs is 1. The van der Waals surface area contributed by atoms with Crippen molar-refractivity contribution in [2.45, 2.75) is 58.8 Å². The molecule has 218 valence electrons. The molecule has 4 atom stereocenters. The van der Waals surface area contributed by atoms with Crippen molar-refractivity contribution in [3.05, 3.63) is 65.7 Å². The summed E-state index contributed by atoms with van der Waals surface area (Å²) in [4.78, 5) is 55.1. The Morgan fingerprint density at radius 2 is 1.76 bits per heavy atom. The molecule has 5 rings (SSSR count). The summed E-state index contributed by atoms with van der Waals surface area (Å²) in [5.74, 6) is -1.35. The van der Waals surface area contributed by atoms with Crippen LogP contribution in [0.4, 0.5) is 5.82 Å². The van der Waals surface area contributed by atoms with Crippen molar-refractivity contribution in [3.63, 3.8) is 0 Å². The van der Waals surface area contributed by atoms with E-state index < -0.39 is 42.4 Å². The summed E-state index contributed by atoms with van der Waals surface area (Å²) in [7, 11) is 1.18. The van der Waals surface area contributed by atoms with Gasteiger partial charge in [0.2, 0.25) is 0 Å². The standard InChI is InChI=1S/C29H30N6O7/c1-15-7-6-8-19(9-15)12-31-26-21-27(34-25(33-26)20-10-16(2)11-30-13-20)35(14-32-21)28-23(41-18(4)37)22(40-17(3)36)24(42-28)29(38)39-5/h6-11,13-14,22-24,28H,12H2,1-5H3,(H,31,33,34)/t22-,23-,24-,28-/m1/s1. The average Bonchev–Trinajstić information content (AvgIpc) is 3.52. The third-order valence-electron chi connectivity index (χ3n) is 6.60. The number of nitrogens with one attached hydrogen (secondary N) is 1. The number of esters is 3. The molecule has 0 radical (unpaired) electrons. The number of aryl methyl sites for hydroxylation is 2. The Morgan fingerprint density at radius 1 is 1.00 bits per heavy atom. The molecule has 1 fully saturated rings. The number of pyridine rings is 1. The summed E-state index contributed by atoms with van der Waals surface area (Å²) in [5.41, 5.74) is 4.47. The molecular formula is C29H30N6O7. The van der Waals surface area contributed by atoms with E-state index in [1.807, 2.05) is 38.1 Å². The number of imidazole rings is 1. The zero-order valence-electron chi connectivity index (χ0n) is 23.7. The lowest BCUT2D eigenvalue weighted by atomic mass is 10.1. The predicted octanol–water partition coefficient (Wildman–Crippen LogP) is 3.05. The Morgan fingerprint density at radius 3 is 2.45 bits per heavy atom. The van der Waals surface area contributed by atoms with Crippen LogP contribution in [0, 0.1) is 13.8 Å². The normalized spacial score (nSPS) is 19.8. The van der Waals surface area contributed by atoms with Crippen LogP contribution in [0.25, 0.3) is 22.6 Å². The van der Waals surface area contributed by atoms with E-state index in [9.17, 15) is 14.4 Å². The van der Waals surface area contributed by atoms with Gasteiger partial charge in [0.25, 0.3) is 0 Å². The van der Waals surface area contributed by atoms with Crippen LogP contribution in [0.2, 0.25) is 0 Å². The lowest BCUT2D eigenvalue weighted by Crippen LogP contribution is -2.42. The van der Waals surface area contributed by atoms with Crippen molar-refractivity contribution in [1.29, 1.82) is 0 Å². The van der Waals surface area contributed by atoms with Crippen molar-refractivity contribution >= 4 is 34.9 Å². The van der Waals surface area contributed by atoms with Gasteiger partial charge in [-0.2, -0.15) is 0 Å². The molecule has 13 nitrogen and oxygen atoms in total. The van der Waals surface area contributed by atoms with Gasteiger partial charge in [-0.1, -0.05) is 29.8 Å². The number of ether oxygens (including phenoxy) is 4. The van der Waals surface area contributed by atoms with E-state index in [0.29, 0.717) is 34.9 Å². The summed E-state index contributed by atoms with van der Waals surface area (Å²) in [5, 5.41) is 3.36. The SMILES string of the molecule is COC(=O)[C@@H]1O[C@@H](n2cnc3c(NCc4cccc(C)c4)nc(-c4cncc(C)c4)nc32)[C@H](OC(C)=O)[C@H]1OC(C)=O. The summed E-state index contributed by atoms with van der Waals surface area (Å²) < 4.78 is 23.4. The minimum absolute atomic E-state index is 0.322. The Kier molecular flexibility index (Phi) is 8.11. The molecule has 0 aliphatic carbocycles. The molecule has 0 amide bonds. The predicted molar refractivity (Wildman–Crippen MR) is 149 cm³/mol. The van der Waals surface area contributed by atoms with Gasteiger partial charge in [-0.05, 0) is 31.0 Å². The second kappa shape index (κ2) is 11.9. The lowest BCUT2D eigenvalue weighted by molar-refractivity contribution is -0.169. The third kappa shape index (κ3) is 5.91. The number of benzene rings is 1. The van der Waals surface area contributed by atoms with E-state index in [0.717, 1.165) is 16.7 Å². The highest BCUT2D eigenvalue weighted by Gasteiger charge is 2.54. The molecule has 0 unspecified atom stereocenters. The summed E-state index contributed by atoms with van der Waals surface area (Å²) >= 11 is 0. The number of hydrogen-bond acceptors (Lipinski definition) is 12. The van der Waals surface area contributed by atoms with Crippen molar-refractivity contribution < 1.29 is 33.3 Å². The van der Waals surface area contributed by atoms with E-state index in [-0.39, 0.29) is 0 Å². The Hall–Kier alpha value is -4.91. The molecule has 1 saturated heterocycles. The average molecular weight is 575 g/mol. The first-order chi connectivity index (χ1) is 20.1. The van der Waals surface area contributed by atoms with Crippen molar-refractivity contribution in [2.75, 3.05) is 12.4 Å². The number of anilines is 1. The van der Waals surface area contributed by atoms with Crippen LogP contribution in [0.1, 0.15) is 36.8 Å². The molecule has 42 heavy (non-hydrogen) atoms. The van der Waals surface area contributed by atoms with Crippen LogP contribution < -0.4 is 5.32 Å². The van der Waals surface area contributed by atoms with Crippen LogP contribution >= 0.6 is 0 Å². The van der Waals surface area contributed by atoms with Gasteiger partial charge in [0.05, 0.1) is 13.4 Å².